The number of nitrogens with one attached hydrogen (secondary N) is 1. The Bertz CT molecular complexity index is 759. The SMILES string of the molecule is O=C(OCC1c2ccccc2-c2ccccc21)N1CC2(CNC2)C1. The molecular weight excluding hydrogens is 300 g/mol. The lowest BCUT2D eigenvalue weighted by atomic mass is 9.75. The molecule has 2 heterocycles. The van der Waals surface area contributed by atoms with Gasteiger partial charge in [-0.15, -0.1) is 0 Å². The zero-order chi connectivity index (χ0) is 16.1. The molecule has 4 heteroatoms. The summed E-state index contributed by atoms with van der Waals surface area (Å²) in [5.74, 6) is 0.141. The first kappa shape index (κ1) is 14.1. The Balaban J connectivity index is 1.31. The van der Waals surface area contributed by atoms with Crippen LogP contribution in [-0.4, -0.2) is 43.8 Å². The molecule has 0 saturated carbocycles. The summed E-state index contributed by atoms with van der Waals surface area (Å²) >= 11 is 0. The second kappa shape index (κ2) is 5.08. The normalized spacial score (nSPS) is 20.1. The van der Waals surface area contributed by atoms with E-state index in [1.54, 1.807) is 0 Å². The van der Waals surface area contributed by atoms with E-state index in [2.05, 4.69) is 53.8 Å². The van der Waals surface area contributed by atoms with Crippen LogP contribution >= 0.6 is 0 Å². The zero-order valence-electron chi connectivity index (χ0n) is 13.5. The smallest absolute Gasteiger partial charge is 0.409 e. The van der Waals surface area contributed by atoms with Crippen molar-refractivity contribution in [2.45, 2.75) is 5.92 Å². The van der Waals surface area contributed by atoms with Gasteiger partial charge in [-0.05, 0) is 22.3 Å². The molecule has 0 bridgehead atoms. The summed E-state index contributed by atoms with van der Waals surface area (Å²) in [4.78, 5) is 14.1. The fourth-order valence-electron chi connectivity index (χ4n) is 4.28. The van der Waals surface area contributed by atoms with Crippen LogP contribution in [0.3, 0.4) is 0 Å². The lowest BCUT2D eigenvalue weighted by molar-refractivity contribution is -0.0353. The third-order valence-electron chi connectivity index (χ3n) is 5.65. The van der Waals surface area contributed by atoms with Gasteiger partial charge in [0.1, 0.15) is 6.61 Å². The van der Waals surface area contributed by atoms with Crippen molar-refractivity contribution in [3.05, 3.63) is 59.7 Å². The number of hydrogen-bond acceptors (Lipinski definition) is 3. The Labute approximate surface area is 141 Å². The van der Waals surface area contributed by atoms with Crippen LogP contribution in [0.25, 0.3) is 11.1 Å². The molecule has 0 unspecified atom stereocenters. The largest absolute Gasteiger partial charge is 0.448 e. The average Bonchev–Trinajstić information content (AvgIpc) is 2.84. The molecule has 1 spiro atoms. The Morgan fingerprint density at radius 2 is 1.62 bits per heavy atom. The van der Waals surface area contributed by atoms with Gasteiger partial charge in [-0.2, -0.15) is 0 Å². The zero-order valence-corrected chi connectivity index (χ0v) is 13.5. The van der Waals surface area contributed by atoms with E-state index in [1.165, 1.54) is 22.3 Å². The molecule has 0 aromatic heterocycles. The van der Waals surface area contributed by atoms with Gasteiger partial charge in [-0.1, -0.05) is 48.5 Å². The fourth-order valence-corrected chi connectivity index (χ4v) is 4.28. The van der Waals surface area contributed by atoms with Gasteiger partial charge in [0.05, 0.1) is 0 Å². The van der Waals surface area contributed by atoms with Crippen LogP contribution < -0.4 is 5.32 Å². The standard InChI is InChI=1S/C20H20N2O2/c23-19(22-12-20(13-22)10-21-11-20)24-9-18-16-7-3-1-5-14(16)15-6-2-4-8-17(15)18/h1-8,18,21H,9-13H2. The van der Waals surface area contributed by atoms with E-state index in [0.717, 1.165) is 26.2 Å². The number of rotatable bonds is 2. The number of fused-ring (bicyclic) bond motifs is 3. The Morgan fingerprint density at radius 1 is 1.04 bits per heavy atom. The van der Waals surface area contributed by atoms with Crippen LogP contribution in [-0.2, 0) is 4.74 Å². The number of benzene rings is 2. The first-order chi connectivity index (χ1) is 11.8. The van der Waals surface area contributed by atoms with Crippen LogP contribution in [0.1, 0.15) is 17.0 Å². The van der Waals surface area contributed by atoms with Crippen molar-refractivity contribution >= 4 is 6.09 Å². The van der Waals surface area contributed by atoms with Crippen LogP contribution in [0.15, 0.2) is 48.5 Å². The van der Waals surface area contributed by atoms with Gasteiger partial charge in [0.15, 0.2) is 0 Å². The summed E-state index contributed by atoms with van der Waals surface area (Å²) in [6.45, 7) is 4.13. The van der Waals surface area contributed by atoms with Gasteiger partial charge < -0.3 is 15.0 Å². The topological polar surface area (TPSA) is 41.6 Å². The second-order valence-electron chi connectivity index (χ2n) is 7.26. The van der Waals surface area contributed by atoms with Crippen molar-refractivity contribution in [3.8, 4) is 11.1 Å². The average molecular weight is 320 g/mol. The number of nitrogens with zero attached hydrogens (tertiary/aromatic N) is 1. The van der Waals surface area contributed by atoms with E-state index in [-0.39, 0.29) is 12.0 Å². The molecular formula is C20H20N2O2. The molecule has 0 atom stereocenters. The van der Waals surface area contributed by atoms with E-state index < -0.39 is 0 Å². The van der Waals surface area contributed by atoms with Crippen molar-refractivity contribution in [1.29, 1.82) is 0 Å². The van der Waals surface area contributed by atoms with Gasteiger partial charge in [0.2, 0.25) is 0 Å². The molecule has 1 N–H and O–H groups in total. The number of ether oxygens (including phenoxy) is 1. The van der Waals surface area contributed by atoms with Crippen molar-refractivity contribution in [2.24, 2.45) is 5.41 Å². The molecule has 1 amide bonds. The molecule has 2 aromatic rings. The Morgan fingerprint density at radius 3 is 2.17 bits per heavy atom. The highest BCUT2D eigenvalue weighted by Gasteiger charge is 2.50. The van der Waals surface area contributed by atoms with E-state index in [1.807, 2.05) is 4.90 Å². The third-order valence-corrected chi connectivity index (χ3v) is 5.65. The quantitative estimate of drug-likeness (QED) is 0.925. The molecule has 5 rings (SSSR count). The third kappa shape index (κ3) is 1.99. The fraction of sp³-hybridized carbons (Fsp3) is 0.350. The van der Waals surface area contributed by atoms with Crippen molar-refractivity contribution in [3.63, 3.8) is 0 Å². The lowest BCUT2D eigenvalue weighted by Gasteiger charge is -2.55. The highest BCUT2D eigenvalue weighted by atomic mass is 16.6. The summed E-state index contributed by atoms with van der Waals surface area (Å²) in [7, 11) is 0. The number of carbonyl (C=O) groups is 1. The maximum absolute atomic E-state index is 12.3. The molecule has 122 valence electrons. The molecule has 0 radical (unpaired) electrons. The molecule has 4 nitrogen and oxygen atoms in total. The monoisotopic (exact) mass is 320 g/mol. The van der Waals surface area contributed by atoms with E-state index >= 15 is 0 Å². The summed E-state index contributed by atoms with van der Waals surface area (Å²) in [6.07, 6.45) is -0.172. The first-order valence-corrected chi connectivity index (χ1v) is 8.56. The predicted molar refractivity (Wildman–Crippen MR) is 91.9 cm³/mol. The summed E-state index contributed by atoms with van der Waals surface area (Å²) < 4.78 is 5.67. The number of carbonyl (C=O) groups excluding carboxylic acids is 1. The van der Waals surface area contributed by atoms with Crippen LogP contribution in [0.2, 0.25) is 0 Å². The van der Waals surface area contributed by atoms with Crippen LogP contribution in [0.4, 0.5) is 4.79 Å². The van der Waals surface area contributed by atoms with Gasteiger partial charge in [0, 0.05) is 37.5 Å². The van der Waals surface area contributed by atoms with Gasteiger partial charge >= 0.3 is 6.09 Å². The number of amides is 1. The highest BCUT2D eigenvalue weighted by molar-refractivity contribution is 5.79. The van der Waals surface area contributed by atoms with Crippen molar-refractivity contribution in [1.82, 2.24) is 10.2 Å². The number of likely N-dealkylation sites (tertiary alicyclic amines) is 1. The van der Waals surface area contributed by atoms with Crippen LogP contribution in [0.5, 0.6) is 0 Å². The minimum absolute atomic E-state index is 0.141. The van der Waals surface area contributed by atoms with E-state index in [9.17, 15) is 4.79 Å². The predicted octanol–water partition coefficient (Wildman–Crippen LogP) is 2.84. The summed E-state index contributed by atoms with van der Waals surface area (Å²) in [6, 6.07) is 16.8. The van der Waals surface area contributed by atoms with Gasteiger partial charge in [-0.3, -0.25) is 0 Å². The molecule has 2 aromatic carbocycles. The molecule has 2 fully saturated rings. The number of hydrogen-bond donors (Lipinski definition) is 1. The maximum Gasteiger partial charge on any atom is 0.409 e. The first-order valence-electron chi connectivity index (χ1n) is 8.56. The maximum atomic E-state index is 12.3. The summed E-state index contributed by atoms with van der Waals surface area (Å²) in [5, 5.41) is 3.28. The minimum atomic E-state index is -0.172. The molecule has 2 aliphatic heterocycles. The Kier molecular flexibility index (Phi) is 2.98. The summed E-state index contributed by atoms with van der Waals surface area (Å²) in [5.41, 5.74) is 5.38. The molecule has 3 aliphatic rings. The van der Waals surface area contributed by atoms with Crippen molar-refractivity contribution < 1.29 is 9.53 Å². The minimum Gasteiger partial charge on any atom is -0.448 e. The van der Waals surface area contributed by atoms with E-state index in [4.69, 9.17) is 4.74 Å². The second-order valence-corrected chi connectivity index (χ2v) is 7.26. The highest BCUT2D eigenvalue weighted by Crippen LogP contribution is 2.44. The van der Waals surface area contributed by atoms with Gasteiger partial charge in [0.25, 0.3) is 0 Å². The molecule has 24 heavy (non-hydrogen) atoms. The van der Waals surface area contributed by atoms with E-state index in [0.29, 0.717) is 12.0 Å². The molecule has 1 aliphatic carbocycles. The van der Waals surface area contributed by atoms with Crippen LogP contribution in [0, 0.1) is 5.41 Å². The lowest BCUT2D eigenvalue weighted by Crippen LogP contribution is -2.72. The van der Waals surface area contributed by atoms with Crippen molar-refractivity contribution in [2.75, 3.05) is 32.8 Å². The molecule has 2 saturated heterocycles. The Hall–Kier alpha value is -2.33. The van der Waals surface area contributed by atoms with Gasteiger partial charge in [-0.25, -0.2) is 4.79 Å².